The van der Waals surface area contributed by atoms with Gasteiger partial charge in [0, 0.05) is 12.5 Å². The van der Waals surface area contributed by atoms with Crippen LogP contribution in [0.5, 0.6) is 0 Å². The first-order valence-corrected chi connectivity index (χ1v) is 4.07. The van der Waals surface area contributed by atoms with Crippen LogP contribution in [0.1, 0.15) is 6.92 Å². The molecule has 0 aromatic heterocycles. The Morgan fingerprint density at radius 3 is 3.08 bits per heavy atom. The largest absolute Gasteiger partial charge is 0.342 e. The fourth-order valence-electron chi connectivity index (χ4n) is 0.871. The SMILES string of the molecule is CC(CN)C(=O)N[C@@H]1CONC1=O. The van der Waals surface area contributed by atoms with Gasteiger partial charge in [-0.25, -0.2) is 5.48 Å². The Morgan fingerprint density at radius 2 is 2.62 bits per heavy atom. The number of carbonyl (C=O) groups is 2. The predicted molar refractivity (Wildman–Crippen MR) is 44.2 cm³/mol. The van der Waals surface area contributed by atoms with Gasteiger partial charge in [0.25, 0.3) is 5.91 Å². The zero-order valence-corrected chi connectivity index (χ0v) is 7.37. The molecule has 1 saturated heterocycles. The molecule has 0 saturated carbocycles. The van der Waals surface area contributed by atoms with Crippen molar-refractivity contribution in [2.45, 2.75) is 13.0 Å². The highest BCUT2D eigenvalue weighted by atomic mass is 16.7. The number of nitrogens with two attached hydrogens (primary N) is 1. The van der Waals surface area contributed by atoms with Crippen LogP contribution < -0.4 is 16.5 Å². The van der Waals surface area contributed by atoms with E-state index in [0.717, 1.165) is 0 Å². The molecule has 4 N–H and O–H groups in total. The van der Waals surface area contributed by atoms with Crippen molar-refractivity contribution >= 4 is 11.8 Å². The molecular formula is C7H13N3O3. The molecule has 0 bridgehead atoms. The van der Waals surface area contributed by atoms with Crippen LogP contribution in [-0.2, 0) is 14.4 Å². The molecule has 1 rings (SSSR count). The highest BCUT2D eigenvalue weighted by molar-refractivity contribution is 5.88. The van der Waals surface area contributed by atoms with Gasteiger partial charge in [-0.3, -0.25) is 14.4 Å². The molecule has 1 unspecified atom stereocenters. The van der Waals surface area contributed by atoms with Crippen LogP contribution in [0.4, 0.5) is 0 Å². The van der Waals surface area contributed by atoms with Crippen molar-refractivity contribution in [3.05, 3.63) is 0 Å². The van der Waals surface area contributed by atoms with Gasteiger partial charge in [0.1, 0.15) is 12.6 Å². The Kier molecular flexibility index (Phi) is 3.21. The number of hydrogen-bond acceptors (Lipinski definition) is 4. The molecule has 2 amide bonds. The average molecular weight is 187 g/mol. The zero-order valence-electron chi connectivity index (χ0n) is 7.37. The quantitative estimate of drug-likeness (QED) is 0.482. The fraction of sp³-hybridized carbons (Fsp3) is 0.714. The van der Waals surface area contributed by atoms with Crippen LogP contribution in [0.2, 0.25) is 0 Å². The van der Waals surface area contributed by atoms with E-state index in [2.05, 4.69) is 15.6 Å². The van der Waals surface area contributed by atoms with Gasteiger partial charge in [-0.1, -0.05) is 6.92 Å². The summed E-state index contributed by atoms with van der Waals surface area (Å²) < 4.78 is 0. The van der Waals surface area contributed by atoms with Crippen molar-refractivity contribution in [1.29, 1.82) is 0 Å². The second kappa shape index (κ2) is 4.20. The molecule has 0 aromatic carbocycles. The van der Waals surface area contributed by atoms with Gasteiger partial charge in [0.2, 0.25) is 5.91 Å². The predicted octanol–water partition coefficient (Wildman–Crippen LogP) is -1.87. The van der Waals surface area contributed by atoms with Gasteiger partial charge in [0.15, 0.2) is 0 Å². The summed E-state index contributed by atoms with van der Waals surface area (Å²) in [5.74, 6) is -0.834. The van der Waals surface area contributed by atoms with E-state index in [0.29, 0.717) is 0 Å². The molecule has 74 valence electrons. The third-order valence-corrected chi connectivity index (χ3v) is 1.86. The summed E-state index contributed by atoms with van der Waals surface area (Å²) in [6, 6.07) is -0.582. The van der Waals surface area contributed by atoms with Crippen LogP contribution in [0.15, 0.2) is 0 Å². The number of nitrogens with one attached hydrogen (secondary N) is 2. The monoisotopic (exact) mass is 187 g/mol. The maximum atomic E-state index is 11.2. The van der Waals surface area contributed by atoms with Crippen molar-refractivity contribution in [2.24, 2.45) is 11.7 Å². The van der Waals surface area contributed by atoms with Crippen molar-refractivity contribution in [3.63, 3.8) is 0 Å². The molecule has 2 atom stereocenters. The van der Waals surface area contributed by atoms with E-state index in [9.17, 15) is 9.59 Å². The summed E-state index contributed by atoms with van der Waals surface area (Å²) in [4.78, 5) is 26.8. The maximum Gasteiger partial charge on any atom is 0.268 e. The topological polar surface area (TPSA) is 93.5 Å². The van der Waals surface area contributed by atoms with E-state index < -0.39 is 6.04 Å². The first-order chi connectivity index (χ1) is 6.15. The smallest absolute Gasteiger partial charge is 0.268 e. The maximum absolute atomic E-state index is 11.2. The zero-order chi connectivity index (χ0) is 9.84. The average Bonchev–Trinajstić information content (AvgIpc) is 2.50. The molecule has 1 fully saturated rings. The fourth-order valence-corrected chi connectivity index (χ4v) is 0.871. The third kappa shape index (κ3) is 2.40. The third-order valence-electron chi connectivity index (χ3n) is 1.86. The van der Waals surface area contributed by atoms with Crippen LogP contribution in [0.25, 0.3) is 0 Å². The lowest BCUT2D eigenvalue weighted by Gasteiger charge is -2.11. The van der Waals surface area contributed by atoms with Crippen LogP contribution in [0, 0.1) is 5.92 Å². The Labute approximate surface area is 75.8 Å². The van der Waals surface area contributed by atoms with Gasteiger partial charge in [-0.05, 0) is 0 Å². The van der Waals surface area contributed by atoms with Crippen LogP contribution in [-0.4, -0.2) is 31.0 Å². The van der Waals surface area contributed by atoms with E-state index in [-0.39, 0.29) is 30.9 Å². The minimum atomic E-state index is -0.582. The highest BCUT2D eigenvalue weighted by Crippen LogP contribution is 1.97. The summed E-state index contributed by atoms with van der Waals surface area (Å²) in [6.45, 7) is 2.13. The Morgan fingerprint density at radius 1 is 1.92 bits per heavy atom. The number of amides is 2. The minimum Gasteiger partial charge on any atom is -0.342 e. The Bertz CT molecular complexity index is 219. The van der Waals surface area contributed by atoms with E-state index in [1.807, 2.05) is 0 Å². The second-order valence-electron chi connectivity index (χ2n) is 2.98. The number of hydrogen-bond donors (Lipinski definition) is 3. The Hall–Kier alpha value is -1.14. The van der Waals surface area contributed by atoms with Crippen molar-refractivity contribution in [2.75, 3.05) is 13.2 Å². The van der Waals surface area contributed by atoms with Gasteiger partial charge in [-0.15, -0.1) is 0 Å². The molecule has 1 aliphatic rings. The van der Waals surface area contributed by atoms with Crippen LogP contribution in [0.3, 0.4) is 0 Å². The summed E-state index contributed by atoms with van der Waals surface area (Å²) >= 11 is 0. The van der Waals surface area contributed by atoms with Gasteiger partial charge in [-0.2, -0.15) is 0 Å². The lowest BCUT2D eigenvalue weighted by atomic mass is 10.1. The Balaban J connectivity index is 2.39. The molecule has 6 nitrogen and oxygen atoms in total. The lowest BCUT2D eigenvalue weighted by molar-refractivity contribution is -0.130. The molecule has 6 heteroatoms. The molecule has 13 heavy (non-hydrogen) atoms. The normalized spacial score (nSPS) is 23.8. The number of carbonyl (C=O) groups excluding carboxylic acids is 2. The van der Waals surface area contributed by atoms with E-state index >= 15 is 0 Å². The number of hydroxylamine groups is 1. The molecule has 1 heterocycles. The molecule has 1 aliphatic heterocycles. The molecule has 0 aromatic rings. The van der Waals surface area contributed by atoms with Crippen molar-refractivity contribution in [1.82, 2.24) is 10.8 Å². The molecule has 0 aliphatic carbocycles. The summed E-state index contributed by atoms with van der Waals surface area (Å²) in [5, 5.41) is 2.52. The van der Waals surface area contributed by atoms with Gasteiger partial charge in [0.05, 0.1) is 0 Å². The standard InChI is InChI=1S/C7H13N3O3/c1-4(2-8)6(11)9-5-3-13-10-7(5)12/h4-5H,2-3,8H2,1H3,(H,9,11)(H,10,12)/t4?,5-/m1/s1. The molecular weight excluding hydrogens is 174 g/mol. The summed E-state index contributed by atoms with van der Waals surface area (Å²) in [7, 11) is 0. The van der Waals surface area contributed by atoms with Crippen LogP contribution >= 0.6 is 0 Å². The van der Waals surface area contributed by atoms with Crippen molar-refractivity contribution < 1.29 is 14.4 Å². The van der Waals surface area contributed by atoms with E-state index in [1.165, 1.54) is 0 Å². The summed E-state index contributed by atoms with van der Waals surface area (Å²) in [6.07, 6.45) is 0. The first-order valence-electron chi connectivity index (χ1n) is 4.07. The first kappa shape index (κ1) is 9.94. The second-order valence-corrected chi connectivity index (χ2v) is 2.98. The summed E-state index contributed by atoms with van der Waals surface area (Å²) in [5.41, 5.74) is 7.44. The van der Waals surface area contributed by atoms with Crippen molar-refractivity contribution in [3.8, 4) is 0 Å². The highest BCUT2D eigenvalue weighted by Gasteiger charge is 2.28. The van der Waals surface area contributed by atoms with Gasteiger partial charge < -0.3 is 11.1 Å². The molecule has 0 radical (unpaired) electrons. The van der Waals surface area contributed by atoms with E-state index in [1.54, 1.807) is 6.92 Å². The minimum absolute atomic E-state index is 0.169. The number of rotatable bonds is 3. The van der Waals surface area contributed by atoms with Gasteiger partial charge >= 0.3 is 0 Å². The van der Waals surface area contributed by atoms with E-state index in [4.69, 9.17) is 5.73 Å². The molecule has 0 spiro atoms. The lowest BCUT2D eigenvalue weighted by Crippen LogP contribution is -2.45.